The number of hydrogen-bond donors (Lipinski definition) is 2. The number of β-amino-alcohol motifs (C(OH)–C–C–N with tert-alkyl or cyclic N) is 1. The van der Waals surface area contributed by atoms with Gasteiger partial charge in [0.15, 0.2) is 0 Å². The molecule has 3 heteroatoms. The molecule has 3 nitrogen and oxygen atoms in total. The first-order chi connectivity index (χ1) is 7.05. The lowest BCUT2D eigenvalue weighted by molar-refractivity contribution is 0.0260. The van der Waals surface area contributed by atoms with E-state index in [4.69, 9.17) is 0 Å². The summed E-state index contributed by atoms with van der Waals surface area (Å²) < 4.78 is 0. The van der Waals surface area contributed by atoms with E-state index in [1.54, 1.807) is 0 Å². The van der Waals surface area contributed by atoms with Gasteiger partial charge in [-0.25, -0.2) is 0 Å². The van der Waals surface area contributed by atoms with Gasteiger partial charge in [0.1, 0.15) is 0 Å². The zero-order valence-electron chi connectivity index (χ0n) is 10.4. The average molecular weight is 214 g/mol. The Kier molecular flexibility index (Phi) is 5.03. The Balaban J connectivity index is 2.43. The molecule has 0 radical (unpaired) electrons. The fourth-order valence-electron chi connectivity index (χ4n) is 2.19. The maximum atomic E-state index is 10.1. The molecule has 0 aromatic heterocycles. The van der Waals surface area contributed by atoms with Crippen molar-refractivity contribution in [1.82, 2.24) is 10.2 Å². The van der Waals surface area contributed by atoms with Crippen molar-refractivity contribution < 1.29 is 5.11 Å². The molecule has 2 N–H and O–H groups in total. The minimum atomic E-state index is -0.572. The van der Waals surface area contributed by atoms with Crippen LogP contribution in [0.1, 0.15) is 40.0 Å². The van der Waals surface area contributed by atoms with Crippen LogP contribution in [0, 0.1) is 0 Å². The summed E-state index contributed by atoms with van der Waals surface area (Å²) in [5.41, 5.74) is -0.572. The highest BCUT2D eigenvalue weighted by Gasteiger charge is 2.29. The second-order valence-electron chi connectivity index (χ2n) is 5.15. The van der Waals surface area contributed by atoms with Gasteiger partial charge in [0.2, 0.25) is 0 Å². The smallest absolute Gasteiger partial charge is 0.0869 e. The molecule has 1 fully saturated rings. The van der Waals surface area contributed by atoms with E-state index in [-0.39, 0.29) is 0 Å². The van der Waals surface area contributed by atoms with Crippen LogP contribution < -0.4 is 5.32 Å². The highest BCUT2D eigenvalue weighted by Crippen LogP contribution is 2.13. The third-order valence-corrected chi connectivity index (χ3v) is 3.16. The van der Waals surface area contributed by atoms with Crippen LogP contribution in [0.3, 0.4) is 0 Å². The van der Waals surface area contributed by atoms with Crippen molar-refractivity contribution in [2.24, 2.45) is 0 Å². The Hall–Kier alpha value is -0.120. The molecule has 90 valence electrons. The van der Waals surface area contributed by atoms with Gasteiger partial charge in [0.25, 0.3) is 0 Å². The lowest BCUT2D eigenvalue weighted by Gasteiger charge is -2.31. The van der Waals surface area contributed by atoms with E-state index in [0.717, 1.165) is 19.6 Å². The summed E-state index contributed by atoms with van der Waals surface area (Å²) in [4.78, 5) is 2.41. The molecule has 0 aliphatic carbocycles. The minimum absolute atomic E-state index is 0.538. The summed E-state index contributed by atoms with van der Waals surface area (Å²) in [6.45, 7) is 10.00. The van der Waals surface area contributed by atoms with Crippen LogP contribution in [0.2, 0.25) is 0 Å². The van der Waals surface area contributed by atoms with Crippen LogP contribution >= 0.6 is 0 Å². The zero-order valence-corrected chi connectivity index (χ0v) is 10.4. The van der Waals surface area contributed by atoms with E-state index in [2.05, 4.69) is 24.1 Å². The van der Waals surface area contributed by atoms with E-state index < -0.39 is 5.60 Å². The molecule has 1 saturated heterocycles. The molecule has 0 amide bonds. The van der Waals surface area contributed by atoms with E-state index in [1.165, 1.54) is 19.3 Å². The van der Waals surface area contributed by atoms with Gasteiger partial charge in [-0.3, -0.25) is 4.90 Å². The first-order valence-corrected chi connectivity index (χ1v) is 6.22. The Labute approximate surface area is 93.9 Å². The van der Waals surface area contributed by atoms with Crippen LogP contribution in [0.5, 0.6) is 0 Å². The topological polar surface area (TPSA) is 35.5 Å². The van der Waals surface area contributed by atoms with Gasteiger partial charge in [0.05, 0.1) is 5.60 Å². The Morgan fingerprint density at radius 2 is 2.20 bits per heavy atom. The van der Waals surface area contributed by atoms with Gasteiger partial charge in [0, 0.05) is 25.7 Å². The predicted molar refractivity (Wildman–Crippen MR) is 64.1 cm³/mol. The van der Waals surface area contributed by atoms with Crippen LogP contribution in [-0.4, -0.2) is 47.8 Å². The molecule has 1 aliphatic rings. The fraction of sp³-hybridized carbons (Fsp3) is 1.00. The summed E-state index contributed by atoms with van der Waals surface area (Å²) in [7, 11) is 0. The third kappa shape index (κ3) is 4.49. The van der Waals surface area contributed by atoms with E-state index >= 15 is 0 Å². The largest absolute Gasteiger partial charge is 0.388 e. The van der Waals surface area contributed by atoms with E-state index in [9.17, 15) is 5.11 Å². The monoisotopic (exact) mass is 214 g/mol. The zero-order chi connectivity index (χ0) is 11.3. The standard InChI is InChI=1S/C12H26N2O/c1-4-5-6-7-14-10-12(3,15)9-13-8-11(14)2/h11,13,15H,4-10H2,1-3H3. The molecular formula is C12H26N2O. The number of aliphatic hydroxyl groups is 1. The van der Waals surface area contributed by atoms with Crippen molar-refractivity contribution in [2.75, 3.05) is 26.2 Å². The summed E-state index contributed by atoms with van der Waals surface area (Å²) >= 11 is 0. The van der Waals surface area contributed by atoms with Gasteiger partial charge in [-0.1, -0.05) is 19.8 Å². The van der Waals surface area contributed by atoms with Crippen molar-refractivity contribution >= 4 is 0 Å². The Morgan fingerprint density at radius 1 is 1.47 bits per heavy atom. The maximum Gasteiger partial charge on any atom is 0.0869 e. The predicted octanol–water partition coefficient (Wildman–Crippen LogP) is 1.22. The lowest BCUT2D eigenvalue weighted by atomic mass is 10.1. The molecule has 0 aromatic rings. The summed E-state index contributed by atoms with van der Waals surface area (Å²) in [5, 5.41) is 13.4. The van der Waals surface area contributed by atoms with Crippen LogP contribution in [0.25, 0.3) is 0 Å². The SMILES string of the molecule is CCCCCN1CC(C)(O)CNCC1C. The molecule has 0 spiro atoms. The first kappa shape index (κ1) is 12.9. The van der Waals surface area contributed by atoms with Gasteiger partial charge >= 0.3 is 0 Å². The van der Waals surface area contributed by atoms with Gasteiger partial charge in [-0.05, 0) is 26.8 Å². The van der Waals surface area contributed by atoms with Crippen LogP contribution in [0.15, 0.2) is 0 Å². The average Bonchev–Trinajstić information content (AvgIpc) is 2.27. The molecule has 0 saturated carbocycles. The molecule has 2 unspecified atom stereocenters. The lowest BCUT2D eigenvalue weighted by Crippen LogP contribution is -2.45. The van der Waals surface area contributed by atoms with Crippen molar-refractivity contribution in [3.8, 4) is 0 Å². The number of rotatable bonds is 4. The molecular weight excluding hydrogens is 188 g/mol. The first-order valence-electron chi connectivity index (χ1n) is 6.22. The van der Waals surface area contributed by atoms with Gasteiger partial charge < -0.3 is 10.4 Å². The van der Waals surface area contributed by atoms with Crippen molar-refractivity contribution in [3.63, 3.8) is 0 Å². The highest BCUT2D eigenvalue weighted by molar-refractivity contribution is 4.86. The summed E-state index contributed by atoms with van der Waals surface area (Å²) in [6.07, 6.45) is 3.80. The second-order valence-corrected chi connectivity index (χ2v) is 5.15. The molecule has 1 heterocycles. The molecule has 0 bridgehead atoms. The number of unbranched alkanes of at least 4 members (excludes halogenated alkanes) is 2. The summed E-state index contributed by atoms with van der Waals surface area (Å²) in [6, 6.07) is 0.538. The number of nitrogens with one attached hydrogen (secondary N) is 1. The van der Waals surface area contributed by atoms with Crippen molar-refractivity contribution in [2.45, 2.75) is 51.7 Å². The molecule has 1 rings (SSSR count). The number of nitrogens with zero attached hydrogens (tertiary/aromatic N) is 1. The van der Waals surface area contributed by atoms with Gasteiger partial charge in [-0.2, -0.15) is 0 Å². The van der Waals surface area contributed by atoms with E-state index in [1.807, 2.05) is 6.92 Å². The Morgan fingerprint density at radius 3 is 2.87 bits per heavy atom. The minimum Gasteiger partial charge on any atom is -0.388 e. The third-order valence-electron chi connectivity index (χ3n) is 3.16. The van der Waals surface area contributed by atoms with Crippen molar-refractivity contribution in [1.29, 1.82) is 0 Å². The quantitative estimate of drug-likeness (QED) is 0.691. The molecule has 1 aliphatic heterocycles. The highest BCUT2D eigenvalue weighted by atomic mass is 16.3. The van der Waals surface area contributed by atoms with Crippen molar-refractivity contribution in [3.05, 3.63) is 0 Å². The fourth-order valence-corrected chi connectivity index (χ4v) is 2.19. The summed E-state index contributed by atoms with van der Waals surface area (Å²) in [5.74, 6) is 0. The van der Waals surface area contributed by atoms with Crippen LogP contribution in [-0.2, 0) is 0 Å². The molecule has 0 aromatic carbocycles. The molecule has 2 atom stereocenters. The number of hydrogen-bond acceptors (Lipinski definition) is 3. The normalized spacial score (nSPS) is 34.0. The second kappa shape index (κ2) is 5.83. The van der Waals surface area contributed by atoms with Crippen LogP contribution in [0.4, 0.5) is 0 Å². The van der Waals surface area contributed by atoms with Gasteiger partial charge in [-0.15, -0.1) is 0 Å². The van der Waals surface area contributed by atoms with E-state index in [0.29, 0.717) is 12.6 Å². The molecule has 15 heavy (non-hydrogen) atoms. The Bertz CT molecular complexity index is 182. The maximum absolute atomic E-state index is 10.1.